The molecule has 1 aromatic rings. The van der Waals surface area contributed by atoms with Gasteiger partial charge in [-0.25, -0.2) is 0 Å². The van der Waals surface area contributed by atoms with E-state index >= 15 is 0 Å². The Morgan fingerprint density at radius 2 is 2.18 bits per heavy atom. The summed E-state index contributed by atoms with van der Waals surface area (Å²) in [4.78, 5) is 11.8. The molecule has 0 aliphatic carbocycles. The van der Waals surface area contributed by atoms with Crippen molar-refractivity contribution < 1.29 is 4.79 Å². The molecular weight excluding hydrogens is 276 g/mol. The summed E-state index contributed by atoms with van der Waals surface area (Å²) in [6.07, 6.45) is 1.74. The standard InChI is InChI=1S/C11H9ClN2OS2/c1-17-11(16)7(6-13)10(15)14-9-5-3-2-4-8(9)12/h2-5,16H,1H3,(H,14,15)/b11-7+. The molecule has 0 aromatic heterocycles. The van der Waals surface area contributed by atoms with E-state index in [9.17, 15) is 4.79 Å². The first-order chi connectivity index (χ1) is 8.10. The van der Waals surface area contributed by atoms with Crippen molar-refractivity contribution in [2.24, 2.45) is 0 Å². The summed E-state index contributed by atoms with van der Waals surface area (Å²) in [6.45, 7) is 0. The quantitative estimate of drug-likeness (QED) is 0.509. The molecule has 0 radical (unpaired) electrons. The van der Waals surface area contributed by atoms with Crippen molar-refractivity contribution in [3.63, 3.8) is 0 Å². The number of nitrogens with zero attached hydrogens (tertiary/aromatic N) is 1. The minimum absolute atomic E-state index is 0.0271. The molecule has 6 heteroatoms. The van der Waals surface area contributed by atoms with Crippen LogP contribution in [-0.2, 0) is 4.79 Å². The molecule has 0 atom stereocenters. The van der Waals surface area contributed by atoms with Gasteiger partial charge in [0.05, 0.1) is 14.9 Å². The van der Waals surface area contributed by atoms with Crippen LogP contribution in [0.2, 0.25) is 5.02 Å². The van der Waals surface area contributed by atoms with Crippen molar-refractivity contribution in [2.45, 2.75) is 0 Å². The number of para-hydroxylation sites is 1. The zero-order valence-corrected chi connectivity index (χ0v) is 11.4. The number of hydrogen-bond acceptors (Lipinski definition) is 4. The molecule has 88 valence electrons. The van der Waals surface area contributed by atoms with Crippen LogP contribution in [0.25, 0.3) is 0 Å². The van der Waals surface area contributed by atoms with Gasteiger partial charge >= 0.3 is 0 Å². The molecule has 1 aromatic carbocycles. The Morgan fingerprint density at radius 1 is 1.53 bits per heavy atom. The van der Waals surface area contributed by atoms with Gasteiger partial charge in [-0.2, -0.15) is 5.26 Å². The Labute approximate surface area is 114 Å². The maximum absolute atomic E-state index is 11.8. The van der Waals surface area contributed by atoms with E-state index in [4.69, 9.17) is 16.9 Å². The first-order valence-corrected chi connectivity index (χ1v) is 6.58. The number of benzene rings is 1. The molecule has 0 saturated carbocycles. The van der Waals surface area contributed by atoms with Gasteiger partial charge in [0.2, 0.25) is 0 Å². The molecular formula is C11H9ClN2OS2. The normalized spacial score (nSPS) is 11.4. The fraction of sp³-hybridized carbons (Fsp3) is 0.0909. The van der Waals surface area contributed by atoms with E-state index in [0.717, 1.165) is 0 Å². The smallest absolute Gasteiger partial charge is 0.268 e. The number of thioether (sulfide) groups is 1. The molecule has 17 heavy (non-hydrogen) atoms. The molecule has 0 saturated heterocycles. The lowest BCUT2D eigenvalue weighted by atomic mass is 10.2. The fourth-order valence-corrected chi connectivity index (χ4v) is 1.72. The van der Waals surface area contributed by atoms with Gasteiger partial charge < -0.3 is 5.32 Å². The van der Waals surface area contributed by atoms with Crippen LogP contribution in [0.15, 0.2) is 34.1 Å². The molecule has 0 spiro atoms. The second-order valence-electron chi connectivity index (χ2n) is 2.93. The molecule has 0 fully saturated rings. The topological polar surface area (TPSA) is 52.9 Å². The Bertz CT molecular complexity index is 508. The van der Waals surface area contributed by atoms with Gasteiger partial charge in [0.15, 0.2) is 0 Å². The molecule has 0 aliphatic rings. The third kappa shape index (κ3) is 3.70. The van der Waals surface area contributed by atoms with Crippen LogP contribution in [0.3, 0.4) is 0 Å². The number of rotatable bonds is 3. The maximum Gasteiger partial charge on any atom is 0.268 e. The monoisotopic (exact) mass is 284 g/mol. The number of hydrogen-bond donors (Lipinski definition) is 2. The lowest BCUT2D eigenvalue weighted by Crippen LogP contribution is -2.14. The van der Waals surface area contributed by atoms with E-state index in [1.165, 1.54) is 11.8 Å². The molecule has 0 heterocycles. The van der Waals surface area contributed by atoms with Crippen LogP contribution in [0.1, 0.15) is 0 Å². The number of carbonyl (C=O) groups excluding carboxylic acids is 1. The Kier molecular flexibility index (Phi) is 5.42. The van der Waals surface area contributed by atoms with Crippen LogP contribution >= 0.6 is 36.0 Å². The van der Waals surface area contributed by atoms with Crippen molar-refractivity contribution in [3.05, 3.63) is 39.1 Å². The van der Waals surface area contributed by atoms with Gasteiger partial charge in [0.25, 0.3) is 5.91 Å². The summed E-state index contributed by atoms with van der Waals surface area (Å²) in [5.74, 6) is -0.514. The van der Waals surface area contributed by atoms with Crippen molar-refractivity contribution in [2.75, 3.05) is 11.6 Å². The molecule has 1 N–H and O–H groups in total. The van der Waals surface area contributed by atoms with Crippen molar-refractivity contribution in [3.8, 4) is 6.07 Å². The average molecular weight is 285 g/mol. The highest BCUT2D eigenvalue weighted by molar-refractivity contribution is 8.15. The first kappa shape index (κ1) is 14.0. The summed E-state index contributed by atoms with van der Waals surface area (Å²) in [5.41, 5.74) is 0.440. The lowest BCUT2D eigenvalue weighted by Gasteiger charge is -2.06. The number of nitriles is 1. The zero-order chi connectivity index (χ0) is 12.8. The number of anilines is 1. The van der Waals surface area contributed by atoms with Crippen LogP contribution < -0.4 is 5.32 Å². The third-order valence-corrected chi connectivity index (χ3v) is 3.56. The van der Waals surface area contributed by atoms with E-state index in [1.807, 2.05) is 6.07 Å². The van der Waals surface area contributed by atoms with Crippen molar-refractivity contribution >= 4 is 47.6 Å². The summed E-state index contributed by atoms with van der Waals surface area (Å²) in [5, 5.41) is 11.9. The Morgan fingerprint density at radius 3 is 2.71 bits per heavy atom. The Hall–Kier alpha value is -1.09. The van der Waals surface area contributed by atoms with E-state index in [-0.39, 0.29) is 5.57 Å². The third-order valence-electron chi connectivity index (χ3n) is 1.87. The van der Waals surface area contributed by atoms with Gasteiger partial charge in [0.1, 0.15) is 11.6 Å². The number of carbonyl (C=O) groups is 1. The molecule has 1 rings (SSSR count). The maximum atomic E-state index is 11.8. The lowest BCUT2D eigenvalue weighted by molar-refractivity contribution is -0.112. The van der Waals surface area contributed by atoms with Gasteiger partial charge in [-0.3, -0.25) is 4.79 Å². The summed E-state index contributed by atoms with van der Waals surface area (Å²) in [6, 6.07) is 8.63. The van der Waals surface area contributed by atoms with Crippen LogP contribution in [0.4, 0.5) is 5.69 Å². The van der Waals surface area contributed by atoms with Crippen molar-refractivity contribution in [1.29, 1.82) is 5.26 Å². The van der Waals surface area contributed by atoms with Gasteiger partial charge in [-0.15, -0.1) is 24.4 Å². The molecule has 0 aliphatic heterocycles. The number of amides is 1. The number of thiol groups is 1. The predicted molar refractivity (Wildman–Crippen MR) is 75.2 cm³/mol. The van der Waals surface area contributed by atoms with Crippen LogP contribution in [0, 0.1) is 11.3 Å². The molecule has 3 nitrogen and oxygen atoms in total. The van der Waals surface area contributed by atoms with Gasteiger partial charge in [0, 0.05) is 0 Å². The SMILES string of the molecule is CS/C(S)=C(\C#N)C(=O)Nc1ccccc1Cl. The predicted octanol–water partition coefficient (Wildman–Crippen LogP) is 3.31. The van der Waals surface area contributed by atoms with E-state index in [2.05, 4.69) is 17.9 Å². The number of halogens is 1. The highest BCUT2D eigenvalue weighted by Crippen LogP contribution is 2.24. The fourth-order valence-electron chi connectivity index (χ4n) is 1.05. The Balaban J connectivity index is 2.95. The summed E-state index contributed by atoms with van der Waals surface area (Å²) < 4.78 is 0.372. The minimum atomic E-state index is -0.514. The second kappa shape index (κ2) is 6.60. The first-order valence-electron chi connectivity index (χ1n) is 4.53. The van der Waals surface area contributed by atoms with Crippen LogP contribution in [-0.4, -0.2) is 12.2 Å². The van der Waals surface area contributed by atoms with E-state index < -0.39 is 5.91 Å². The van der Waals surface area contributed by atoms with E-state index in [1.54, 1.807) is 30.5 Å². The largest absolute Gasteiger partial charge is 0.320 e. The van der Waals surface area contributed by atoms with Crippen LogP contribution in [0.5, 0.6) is 0 Å². The van der Waals surface area contributed by atoms with Gasteiger partial charge in [-0.1, -0.05) is 23.7 Å². The molecule has 1 amide bonds. The minimum Gasteiger partial charge on any atom is -0.320 e. The highest BCUT2D eigenvalue weighted by Gasteiger charge is 2.14. The van der Waals surface area contributed by atoms with Crippen molar-refractivity contribution in [1.82, 2.24) is 0 Å². The summed E-state index contributed by atoms with van der Waals surface area (Å²) in [7, 11) is 0. The van der Waals surface area contributed by atoms with E-state index in [0.29, 0.717) is 14.9 Å². The van der Waals surface area contributed by atoms with Gasteiger partial charge in [-0.05, 0) is 18.4 Å². The highest BCUT2D eigenvalue weighted by atomic mass is 35.5. The average Bonchev–Trinajstić information content (AvgIpc) is 2.32. The summed E-state index contributed by atoms with van der Waals surface area (Å²) >= 11 is 11.2. The zero-order valence-electron chi connectivity index (χ0n) is 8.90. The molecule has 0 bridgehead atoms. The second-order valence-corrected chi connectivity index (χ2v) is 4.90. The number of nitrogens with one attached hydrogen (secondary N) is 1. The molecule has 0 unspecified atom stereocenters.